The summed E-state index contributed by atoms with van der Waals surface area (Å²) in [5.74, 6) is 0.578. The van der Waals surface area contributed by atoms with Gasteiger partial charge in [0.25, 0.3) is 0 Å². The molecule has 1 fully saturated rings. The molecule has 1 atom stereocenters. The third-order valence-corrected chi connectivity index (χ3v) is 6.51. The lowest BCUT2D eigenvalue weighted by Gasteiger charge is -2.23. The molecule has 2 rings (SSSR count). The molecule has 0 aromatic heterocycles. The van der Waals surface area contributed by atoms with E-state index < -0.39 is 15.8 Å². The van der Waals surface area contributed by atoms with Crippen molar-refractivity contribution < 1.29 is 12.8 Å². The average molecular weight is 317 g/mol. The van der Waals surface area contributed by atoms with Crippen LogP contribution in [-0.2, 0) is 10.0 Å². The normalized spacial score (nSPS) is 21.6. The summed E-state index contributed by atoms with van der Waals surface area (Å²) in [4.78, 5) is 0.182. The molecular weight excluding hydrogens is 297 g/mol. The molecule has 1 unspecified atom stereocenters. The maximum absolute atomic E-state index is 12.9. The van der Waals surface area contributed by atoms with Crippen molar-refractivity contribution in [2.45, 2.75) is 36.3 Å². The lowest BCUT2D eigenvalue weighted by Crippen LogP contribution is -2.35. The highest BCUT2D eigenvalue weighted by molar-refractivity contribution is 7.99. The van der Waals surface area contributed by atoms with Gasteiger partial charge in [0.1, 0.15) is 5.82 Å². The first-order valence-electron chi connectivity index (χ1n) is 6.91. The molecule has 0 amide bonds. The summed E-state index contributed by atoms with van der Waals surface area (Å²) in [5.41, 5.74) is 0. The van der Waals surface area contributed by atoms with Crippen molar-refractivity contribution in [2.24, 2.45) is 0 Å². The van der Waals surface area contributed by atoms with Crippen LogP contribution in [-0.4, -0.2) is 36.8 Å². The first-order valence-corrected chi connectivity index (χ1v) is 9.40. The van der Waals surface area contributed by atoms with Gasteiger partial charge in [-0.25, -0.2) is 12.8 Å². The van der Waals surface area contributed by atoms with E-state index in [2.05, 4.69) is 6.92 Å². The molecule has 1 saturated heterocycles. The van der Waals surface area contributed by atoms with Crippen molar-refractivity contribution in [3.63, 3.8) is 0 Å². The second-order valence-electron chi connectivity index (χ2n) is 4.89. The maximum atomic E-state index is 12.9. The average Bonchev–Trinajstić information content (AvgIpc) is 2.66. The Kier molecular flexibility index (Phi) is 5.46. The van der Waals surface area contributed by atoms with Crippen LogP contribution in [0.3, 0.4) is 0 Å². The number of thioether (sulfide) groups is 1. The molecule has 1 aliphatic rings. The number of hydrogen-bond acceptors (Lipinski definition) is 3. The van der Waals surface area contributed by atoms with Crippen molar-refractivity contribution in [3.05, 3.63) is 30.1 Å². The summed E-state index contributed by atoms with van der Waals surface area (Å²) >= 11 is 1.82. The summed E-state index contributed by atoms with van der Waals surface area (Å²) in [7, 11) is -3.50. The van der Waals surface area contributed by atoms with Gasteiger partial charge in [-0.2, -0.15) is 16.1 Å². The van der Waals surface area contributed by atoms with Gasteiger partial charge in [-0.05, 0) is 42.9 Å². The summed E-state index contributed by atoms with van der Waals surface area (Å²) in [5, 5.41) is 0.359. The minimum absolute atomic E-state index is 0.182. The molecule has 0 saturated carbocycles. The van der Waals surface area contributed by atoms with Crippen LogP contribution in [0.4, 0.5) is 4.39 Å². The predicted octanol–water partition coefficient (Wildman–Crippen LogP) is 3.12. The van der Waals surface area contributed by atoms with E-state index in [1.165, 1.54) is 24.3 Å². The van der Waals surface area contributed by atoms with Gasteiger partial charge in [0.05, 0.1) is 4.90 Å². The van der Waals surface area contributed by atoms with Crippen LogP contribution in [0, 0.1) is 5.82 Å². The van der Waals surface area contributed by atoms with Gasteiger partial charge in [-0.1, -0.05) is 13.3 Å². The van der Waals surface area contributed by atoms with Gasteiger partial charge >= 0.3 is 0 Å². The molecule has 3 nitrogen and oxygen atoms in total. The summed E-state index contributed by atoms with van der Waals surface area (Å²) in [6.45, 7) is 3.20. The van der Waals surface area contributed by atoms with Gasteiger partial charge in [0.15, 0.2) is 0 Å². The molecule has 0 bridgehead atoms. The zero-order valence-electron chi connectivity index (χ0n) is 11.6. The zero-order chi connectivity index (χ0) is 14.6. The van der Waals surface area contributed by atoms with Crippen LogP contribution in [0.1, 0.15) is 26.2 Å². The Morgan fingerprint density at radius 1 is 1.30 bits per heavy atom. The van der Waals surface area contributed by atoms with Crippen molar-refractivity contribution >= 4 is 21.8 Å². The molecule has 1 aliphatic heterocycles. The fraction of sp³-hybridized carbons (Fsp3) is 0.571. The van der Waals surface area contributed by atoms with E-state index in [1.54, 1.807) is 4.31 Å². The molecule has 1 heterocycles. The molecule has 0 spiro atoms. The maximum Gasteiger partial charge on any atom is 0.243 e. The molecule has 1 aromatic rings. The Bertz CT molecular complexity index is 531. The lowest BCUT2D eigenvalue weighted by atomic mass is 10.2. The number of halogens is 1. The molecule has 20 heavy (non-hydrogen) atoms. The van der Waals surface area contributed by atoms with E-state index in [0.717, 1.165) is 25.0 Å². The fourth-order valence-corrected chi connectivity index (χ4v) is 5.12. The topological polar surface area (TPSA) is 37.4 Å². The summed E-state index contributed by atoms with van der Waals surface area (Å²) in [6.07, 6.45) is 3.02. The predicted molar refractivity (Wildman–Crippen MR) is 80.9 cm³/mol. The second kappa shape index (κ2) is 6.91. The quantitative estimate of drug-likeness (QED) is 0.856. The van der Waals surface area contributed by atoms with Crippen LogP contribution < -0.4 is 0 Å². The number of sulfonamides is 1. The molecule has 0 radical (unpaired) electrons. The minimum Gasteiger partial charge on any atom is -0.207 e. The zero-order valence-corrected chi connectivity index (χ0v) is 13.2. The first kappa shape index (κ1) is 15.8. The number of benzene rings is 1. The summed E-state index contributed by atoms with van der Waals surface area (Å²) < 4.78 is 39.7. The SMILES string of the molecule is CCSC1CCCCN(S(=O)(=O)c2ccc(F)cc2)C1. The van der Waals surface area contributed by atoms with E-state index >= 15 is 0 Å². The van der Waals surface area contributed by atoms with Crippen LogP contribution in [0.25, 0.3) is 0 Å². The van der Waals surface area contributed by atoms with Crippen molar-refractivity contribution in [3.8, 4) is 0 Å². The molecule has 1 aromatic carbocycles. The van der Waals surface area contributed by atoms with Crippen molar-refractivity contribution in [2.75, 3.05) is 18.8 Å². The lowest BCUT2D eigenvalue weighted by molar-refractivity contribution is 0.426. The minimum atomic E-state index is -3.50. The highest BCUT2D eigenvalue weighted by Crippen LogP contribution is 2.26. The van der Waals surface area contributed by atoms with Crippen LogP contribution >= 0.6 is 11.8 Å². The van der Waals surface area contributed by atoms with Crippen LogP contribution in [0.5, 0.6) is 0 Å². The highest BCUT2D eigenvalue weighted by Gasteiger charge is 2.28. The first-order chi connectivity index (χ1) is 9.54. The Morgan fingerprint density at radius 2 is 2.00 bits per heavy atom. The molecule has 0 N–H and O–H groups in total. The fourth-order valence-electron chi connectivity index (χ4n) is 2.42. The Hall–Kier alpha value is -0.590. The third-order valence-electron chi connectivity index (χ3n) is 3.44. The van der Waals surface area contributed by atoms with Crippen LogP contribution in [0.15, 0.2) is 29.2 Å². The standard InChI is InChI=1S/C14H20FNO2S2/c1-2-19-13-5-3-4-10-16(11-13)20(17,18)14-8-6-12(15)7-9-14/h6-9,13H,2-5,10-11H2,1H3. The number of rotatable bonds is 4. The van der Waals surface area contributed by atoms with Crippen molar-refractivity contribution in [1.82, 2.24) is 4.31 Å². The molecule has 6 heteroatoms. The van der Waals surface area contributed by atoms with Gasteiger partial charge < -0.3 is 0 Å². The smallest absolute Gasteiger partial charge is 0.207 e. The highest BCUT2D eigenvalue weighted by atomic mass is 32.2. The van der Waals surface area contributed by atoms with Gasteiger partial charge in [0, 0.05) is 18.3 Å². The number of nitrogens with zero attached hydrogens (tertiary/aromatic N) is 1. The van der Waals surface area contributed by atoms with E-state index in [-0.39, 0.29) is 4.90 Å². The number of hydrogen-bond donors (Lipinski definition) is 0. The van der Waals surface area contributed by atoms with E-state index in [1.807, 2.05) is 11.8 Å². The molecule has 112 valence electrons. The van der Waals surface area contributed by atoms with E-state index in [4.69, 9.17) is 0 Å². The third kappa shape index (κ3) is 3.74. The van der Waals surface area contributed by atoms with Gasteiger partial charge in [0.2, 0.25) is 10.0 Å². The van der Waals surface area contributed by atoms with Crippen molar-refractivity contribution in [1.29, 1.82) is 0 Å². The second-order valence-corrected chi connectivity index (χ2v) is 8.41. The Labute approximate surface area is 124 Å². The van der Waals surface area contributed by atoms with Gasteiger partial charge in [-0.15, -0.1) is 0 Å². The van der Waals surface area contributed by atoms with E-state index in [0.29, 0.717) is 18.3 Å². The molecular formula is C14H20FNO2S2. The van der Waals surface area contributed by atoms with E-state index in [9.17, 15) is 12.8 Å². The Morgan fingerprint density at radius 3 is 2.65 bits per heavy atom. The Balaban J connectivity index is 2.20. The van der Waals surface area contributed by atoms with Crippen LogP contribution in [0.2, 0.25) is 0 Å². The largest absolute Gasteiger partial charge is 0.243 e. The molecule has 0 aliphatic carbocycles. The van der Waals surface area contributed by atoms with Gasteiger partial charge in [-0.3, -0.25) is 0 Å². The monoisotopic (exact) mass is 317 g/mol. The summed E-state index contributed by atoms with van der Waals surface area (Å²) in [6, 6.07) is 5.08.